The van der Waals surface area contributed by atoms with Crippen molar-refractivity contribution in [3.63, 3.8) is 0 Å². The summed E-state index contributed by atoms with van der Waals surface area (Å²) < 4.78 is 40.9. The lowest BCUT2D eigenvalue weighted by atomic mass is 10.1. The monoisotopic (exact) mass is 301 g/mol. The Balaban J connectivity index is 2.18. The highest BCUT2D eigenvalue weighted by Gasteiger charge is 2.25. The van der Waals surface area contributed by atoms with Gasteiger partial charge in [0.25, 0.3) is 0 Å². The molecule has 0 saturated carbocycles. The van der Waals surface area contributed by atoms with Gasteiger partial charge in [-0.25, -0.2) is 17.5 Å². The van der Waals surface area contributed by atoms with Crippen LogP contribution in [0.2, 0.25) is 0 Å². The molecule has 1 heterocycles. The molecule has 3 N–H and O–H groups in total. The summed E-state index contributed by atoms with van der Waals surface area (Å²) in [5.41, 5.74) is 6.06. The first-order valence-electron chi connectivity index (χ1n) is 6.62. The molecule has 112 valence electrons. The summed E-state index contributed by atoms with van der Waals surface area (Å²) in [6, 6.07) is 3.79. The van der Waals surface area contributed by atoms with Gasteiger partial charge in [0.05, 0.1) is 0 Å². The number of nitrogens with zero attached hydrogens (tertiary/aromatic N) is 1. The van der Waals surface area contributed by atoms with Gasteiger partial charge in [-0.3, -0.25) is 0 Å². The fourth-order valence-corrected chi connectivity index (χ4v) is 3.72. The molecule has 1 aliphatic rings. The number of hydrogen-bond acceptors (Lipinski definition) is 4. The van der Waals surface area contributed by atoms with Crippen molar-refractivity contribution >= 4 is 10.0 Å². The van der Waals surface area contributed by atoms with E-state index in [1.807, 2.05) is 7.05 Å². The van der Waals surface area contributed by atoms with Gasteiger partial charge in [-0.05, 0) is 50.7 Å². The number of sulfonamides is 1. The van der Waals surface area contributed by atoms with E-state index in [9.17, 15) is 12.8 Å². The first-order valence-corrected chi connectivity index (χ1v) is 8.10. The Labute approximate surface area is 119 Å². The number of rotatable bonds is 4. The lowest BCUT2D eigenvalue weighted by Gasteiger charge is -2.29. The van der Waals surface area contributed by atoms with E-state index in [4.69, 9.17) is 5.73 Å². The van der Waals surface area contributed by atoms with E-state index in [0.717, 1.165) is 32.0 Å². The van der Waals surface area contributed by atoms with Crippen molar-refractivity contribution in [2.24, 2.45) is 5.73 Å². The second-order valence-electron chi connectivity index (χ2n) is 5.17. The molecule has 0 aliphatic carbocycles. The molecule has 7 heteroatoms. The van der Waals surface area contributed by atoms with E-state index in [2.05, 4.69) is 9.62 Å². The molecular formula is C13H20FN3O2S. The second-order valence-corrected chi connectivity index (χ2v) is 6.85. The molecule has 0 amide bonds. The minimum absolute atomic E-state index is 0.142. The molecular weight excluding hydrogens is 281 g/mol. The lowest BCUT2D eigenvalue weighted by molar-refractivity contribution is 0.248. The number of hydrogen-bond donors (Lipinski definition) is 2. The topological polar surface area (TPSA) is 75.4 Å². The standard InChI is InChI=1S/C13H20FN3O2S/c1-17-6-4-11(5-7-17)16-20(18,19)13-8-10(9-15)2-3-12(13)14/h2-3,8,11,16H,4-7,9,15H2,1H3. The van der Waals surface area contributed by atoms with Gasteiger partial charge in [0.2, 0.25) is 10.0 Å². The maximum Gasteiger partial charge on any atom is 0.243 e. The average Bonchev–Trinajstić information content (AvgIpc) is 2.41. The Morgan fingerprint density at radius 3 is 2.65 bits per heavy atom. The highest BCUT2D eigenvalue weighted by Crippen LogP contribution is 2.18. The smallest absolute Gasteiger partial charge is 0.243 e. The summed E-state index contributed by atoms with van der Waals surface area (Å²) in [5.74, 6) is -0.748. The van der Waals surface area contributed by atoms with E-state index >= 15 is 0 Å². The quantitative estimate of drug-likeness (QED) is 0.856. The summed E-state index contributed by atoms with van der Waals surface area (Å²) >= 11 is 0. The number of nitrogens with one attached hydrogen (secondary N) is 1. The van der Waals surface area contributed by atoms with Crippen LogP contribution in [-0.2, 0) is 16.6 Å². The molecule has 0 radical (unpaired) electrons. The molecule has 20 heavy (non-hydrogen) atoms. The fraction of sp³-hybridized carbons (Fsp3) is 0.538. The van der Waals surface area contributed by atoms with Gasteiger partial charge in [0, 0.05) is 12.6 Å². The van der Waals surface area contributed by atoms with Gasteiger partial charge in [0.1, 0.15) is 10.7 Å². The SMILES string of the molecule is CN1CCC(NS(=O)(=O)c2cc(CN)ccc2F)CC1. The van der Waals surface area contributed by atoms with Crippen LogP contribution in [0.5, 0.6) is 0 Å². The Hall–Kier alpha value is -1.02. The van der Waals surface area contributed by atoms with Crippen LogP contribution < -0.4 is 10.5 Å². The second kappa shape index (κ2) is 6.17. The normalized spacial score (nSPS) is 18.4. The lowest BCUT2D eigenvalue weighted by Crippen LogP contribution is -2.43. The highest BCUT2D eigenvalue weighted by atomic mass is 32.2. The van der Waals surface area contributed by atoms with Crippen LogP contribution in [0.1, 0.15) is 18.4 Å². The maximum absolute atomic E-state index is 13.7. The molecule has 1 aromatic carbocycles. The molecule has 0 bridgehead atoms. The van der Waals surface area contributed by atoms with E-state index in [1.54, 1.807) is 0 Å². The minimum atomic E-state index is -3.84. The van der Waals surface area contributed by atoms with Gasteiger partial charge >= 0.3 is 0 Å². The summed E-state index contributed by atoms with van der Waals surface area (Å²) in [6.45, 7) is 1.84. The van der Waals surface area contributed by atoms with Gasteiger partial charge in [-0.2, -0.15) is 0 Å². The van der Waals surface area contributed by atoms with Crippen molar-refractivity contribution in [1.29, 1.82) is 0 Å². The summed E-state index contributed by atoms with van der Waals surface area (Å²) in [5, 5.41) is 0. The molecule has 0 unspecified atom stereocenters. The third-order valence-electron chi connectivity index (χ3n) is 3.56. The zero-order valence-corrected chi connectivity index (χ0v) is 12.3. The molecule has 0 aromatic heterocycles. The Kier molecular flexibility index (Phi) is 4.74. The van der Waals surface area contributed by atoms with Crippen LogP contribution >= 0.6 is 0 Å². The van der Waals surface area contributed by atoms with Crippen molar-refractivity contribution in [3.05, 3.63) is 29.6 Å². The summed E-state index contributed by atoms with van der Waals surface area (Å²) in [6.07, 6.45) is 1.46. The van der Waals surface area contributed by atoms with Gasteiger partial charge in [0.15, 0.2) is 0 Å². The largest absolute Gasteiger partial charge is 0.326 e. The number of likely N-dealkylation sites (tertiary alicyclic amines) is 1. The molecule has 0 atom stereocenters. The van der Waals surface area contributed by atoms with Crippen LogP contribution in [0.25, 0.3) is 0 Å². The van der Waals surface area contributed by atoms with Gasteiger partial charge in [-0.15, -0.1) is 0 Å². The number of benzene rings is 1. The van der Waals surface area contributed by atoms with Crippen molar-refractivity contribution in [1.82, 2.24) is 9.62 Å². The Bertz CT molecular complexity index is 569. The van der Waals surface area contributed by atoms with Gasteiger partial charge < -0.3 is 10.6 Å². The predicted molar refractivity (Wildman–Crippen MR) is 75.1 cm³/mol. The molecule has 2 rings (SSSR count). The van der Waals surface area contributed by atoms with Crippen molar-refractivity contribution in [3.8, 4) is 0 Å². The molecule has 5 nitrogen and oxygen atoms in total. The average molecular weight is 301 g/mol. The van der Waals surface area contributed by atoms with E-state index in [0.29, 0.717) is 5.56 Å². The van der Waals surface area contributed by atoms with Crippen LogP contribution in [0.3, 0.4) is 0 Å². The van der Waals surface area contributed by atoms with Crippen molar-refractivity contribution < 1.29 is 12.8 Å². The Morgan fingerprint density at radius 1 is 1.40 bits per heavy atom. The van der Waals surface area contributed by atoms with E-state index in [-0.39, 0.29) is 17.5 Å². The summed E-state index contributed by atoms with van der Waals surface area (Å²) in [7, 11) is -1.84. The molecule has 1 saturated heterocycles. The third-order valence-corrected chi connectivity index (χ3v) is 5.10. The van der Waals surface area contributed by atoms with Gasteiger partial charge in [-0.1, -0.05) is 6.07 Å². The molecule has 1 fully saturated rings. The van der Waals surface area contributed by atoms with Crippen LogP contribution in [-0.4, -0.2) is 39.5 Å². The van der Waals surface area contributed by atoms with E-state index in [1.165, 1.54) is 12.1 Å². The van der Waals surface area contributed by atoms with Crippen LogP contribution in [0.15, 0.2) is 23.1 Å². The first kappa shape index (κ1) is 15.4. The van der Waals surface area contributed by atoms with Crippen LogP contribution in [0.4, 0.5) is 4.39 Å². The van der Waals surface area contributed by atoms with Crippen LogP contribution in [0, 0.1) is 5.82 Å². The summed E-state index contributed by atoms with van der Waals surface area (Å²) in [4.78, 5) is 1.82. The first-order chi connectivity index (χ1) is 9.42. The minimum Gasteiger partial charge on any atom is -0.326 e. The number of halogens is 1. The maximum atomic E-state index is 13.7. The van der Waals surface area contributed by atoms with Crippen molar-refractivity contribution in [2.75, 3.05) is 20.1 Å². The zero-order chi connectivity index (χ0) is 14.8. The van der Waals surface area contributed by atoms with Crippen molar-refractivity contribution in [2.45, 2.75) is 30.3 Å². The molecule has 0 spiro atoms. The molecule has 1 aromatic rings. The molecule has 1 aliphatic heterocycles. The predicted octanol–water partition coefficient (Wildman–Crippen LogP) is 0.657. The highest BCUT2D eigenvalue weighted by molar-refractivity contribution is 7.89. The Morgan fingerprint density at radius 2 is 2.05 bits per heavy atom. The number of piperidine rings is 1. The van der Waals surface area contributed by atoms with E-state index < -0.39 is 15.8 Å². The third kappa shape index (κ3) is 3.54. The zero-order valence-electron chi connectivity index (χ0n) is 11.5. The number of nitrogens with two attached hydrogens (primary N) is 1. The fourth-order valence-electron chi connectivity index (χ4n) is 2.29.